The number of aryl methyl sites for hydroxylation is 1. The second-order valence-electron chi connectivity index (χ2n) is 3.98. The number of pyridine rings is 1. The van der Waals surface area contributed by atoms with Gasteiger partial charge in [0.1, 0.15) is 0 Å². The molecule has 0 saturated heterocycles. The second-order valence-corrected chi connectivity index (χ2v) is 4.38. The Hall–Kier alpha value is -1.38. The molecule has 0 amide bonds. The van der Waals surface area contributed by atoms with E-state index in [0.717, 1.165) is 16.1 Å². The SMILES string of the molecule is CNC(c1ccncc1C)c1ccccc1Cl. The minimum absolute atomic E-state index is 0.103. The molecule has 0 fully saturated rings. The van der Waals surface area contributed by atoms with Gasteiger partial charge in [0.05, 0.1) is 6.04 Å². The lowest BCUT2D eigenvalue weighted by Gasteiger charge is -2.20. The molecule has 1 atom stereocenters. The van der Waals surface area contributed by atoms with Crippen LogP contribution >= 0.6 is 11.6 Å². The van der Waals surface area contributed by atoms with Crippen molar-refractivity contribution in [2.75, 3.05) is 7.05 Å². The van der Waals surface area contributed by atoms with Crippen LogP contribution in [-0.4, -0.2) is 12.0 Å². The predicted molar refractivity (Wildman–Crippen MR) is 71.3 cm³/mol. The zero-order chi connectivity index (χ0) is 12.3. The Bertz CT molecular complexity index is 466. The Labute approximate surface area is 107 Å². The number of aromatic nitrogens is 1. The van der Waals surface area contributed by atoms with Crippen LogP contribution in [0.1, 0.15) is 22.7 Å². The summed E-state index contributed by atoms with van der Waals surface area (Å²) >= 11 is 6.24. The van der Waals surface area contributed by atoms with Crippen molar-refractivity contribution in [3.63, 3.8) is 0 Å². The van der Waals surface area contributed by atoms with Gasteiger partial charge in [0, 0.05) is 17.4 Å². The van der Waals surface area contributed by atoms with Crippen molar-refractivity contribution in [1.29, 1.82) is 0 Å². The van der Waals surface area contributed by atoms with Crippen LogP contribution in [-0.2, 0) is 0 Å². The lowest BCUT2D eigenvalue weighted by Crippen LogP contribution is -2.19. The number of nitrogens with zero attached hydrogens (tertiary/aromatic N) is 1. The zero-order valence-electron chi connectivity index (χ0n) is 9.94. The number of nitrogens with one attached hydrogen (secondary N) is 1. The Morgan fingerprint density at radius 3 is 2.59 bits per heavy atom. The van der Waals surface area contributed by atoms with Crippen LogP contribution in [0.25, 0.3) is 0 Å². The fourth-order valence-electron chi connectivity index (χ4n) is 2.00. The lowest BCUT2D eigenvalue weighted by molar-refractivity contribution is 0.686. The van der Waals surface area contributed by atoms with E-state index in [1.54, 1.807) is 0 Å². The minimum atomic E-state index is 0.103. The Morgan fingerprint density at radius 1 is 1.18 bits per heavy atom. The number of hydrogen-bond donors (Lipinski definition) is 1. The highest BCUT2D eigenvalue weighted by atomic mass is 35.5. The van der Waals surface area contributed by atoms with E-state index >= 15 is 0 Å². The first-order valence-electron chi connectivity index (χ1n) is 5.56. The molecule has 3 heteroatoms. The van der Waals surface area contributed by atoms with E-state index in [0.29, 0.717) is 0 Å². The predicted octanol–water partition coefficient (Wildman–Crippen LogP) is 3.35. The van der Waals surface area contributed by atoms with Crippen LogP contribution in [0.5, 0.6) is 0 Å². The van der Waals surface area contributed by atoms with Crippen molar-refractivity contribution >= 4 is 11.6 Å². The van der Waals surface area contributed by atoms with Gasteiger partial charge in [-0.05, 0) is 42.8 Å². The molecule has 1 unspecified atom stereocenters. The monoisotopic (exact) mass is 246 g/mol. The van der Waals surface area contributed by atoms with Crippen molar-refractivity contribution in [3.05, 3.63) is 64.4 Å². The average molecular weight is 247 g/mol. The second kappa shape index (κ2) is 5.30. The maximum Gasteiger partial charge on any atom is 0.0592 e. The molecule has 17 heavy (non-hydrogen) atoms. The number of hydrogen-bond acceptors (Lipinski definition) is 2. The molecule has 1 heterocycles. The first-order valence-corrected chi connectivity index (χ1v) is 5.94. The van der Waals surface area contributed by atoms with Gasteiger partial charge >= 0.3 is 0 Å². The van der Waals surface area contributed by atoms with Gasteiger partial charge in [-0.15, -0.1) is 0 Å². The van der Waals surface area contributed by atoms with Crippen molar-refractivity contribution in [3.8, 4) is 0 Å². The maximum atomic E-state index is 6.24. The van der Waals surface area contributed by atoms with Gasteiger partial charge in [0.25, 0.3) is 0 Å². The molecule has 0 saturated carbocycles. The minimum Gasteiger partial charge on any atom is -0.309 e. The largest absolute Gasteiger partial charge is 0.309 e. The summed E-state index contributed by atoms with van der Waals surface area (Å²) in [7, 11) is 1.94. The standard InChI is InChI=1S/C14H15ClN2/c1-10-9-17-8-7-11(10)14(16-2)12-5-3-4-6-13(12)15/h3-9,14,16H,1-2H3. The molecule has 1 aromatic heterocycles. The van der Waals surface area contributed by atoms with Crippen molar-refractivity contribution in [1.82, 2.24) is 10.3 Å². The van der Waals surface area contributed by atoms with E-state index in [2.05, 4.69) is 17.2 Å². The normalized spacial score (nSPS) is 12.4. The fraction of sp³-hybridized carbons (Fsp3) is 0.214. The van der Waals surface area contributed by atoms with Gasteiger partial charge in [-0.3, -0.25) is 4.98 Å². The molecule has 0 spiro atoms. The molecule has 0 bridgehead atoms. The summed E-state index contributed by atoms with van der Waals surface area (Å²) in [6.07, 6.45) is 3.68. The Morgan fingerprint density at radius 2 is 1.94 bits per heavy atom. The van der Waals surface area contributed by atoms with Gasteiger partial charge < -0.3 is 5.32 Å². The first kappa shape index (κ1) is 12.1. The van der Waals surface area contributed by atoms with Crippen molar-refractivity contribution < 1.29 is 0 Å². The summed E-state index contributed by atoms with van der Waals surface area (Å²) < 4.78 is 0. The zero-order valence-corrected chi connectivity index (χ0v) is 10.7. The molecule has 0 aliphatic carbocycles. The number of benzene rings is 1. The molecular weight excluding hydrogens is 232 g/mol. The summed E-state index contributed by atoms with van der Waals surface area (Å²) in [4.78, 5) is 4.12. The van der Waals surface area contributed by atoms with Crippen LogP contribution in [0, 0.1) is 6.92 Å². The van der Waals surface area contributed by atoms with Crippen LogP contribution in [0.15, 0.2) is 42.7 Å². The van der Waals surface area contributed by atoms with Crippen LogP contribution < -0.4 is 5.32 Å². The molecule has 0 aliphatic heterocycles. The topological polar surface area (TPSA) is 24.9 Å². The maximum absolute atomic E-state index is 6.24. The summed E-state index contributed by atoms with van der Waals surface area (Å²) in [5.41, 5.74) is 3.45. The molecule has 0 aliphatic rings. The molecule has 2 aromatic rings. The highest BCUT2D eigenvalue weighted by Crippen LogP contribution is 2.29. The van der Waals surface area contributed by atoms with E-state index in [1.165, 1.54) is 5.56 Å². The average Bonchev–Trinajstić information content (AvgIpc) is 2.34. The van der Waals surface area contributed by atoms with E-state index in [1.807, 2.05) is 49.8 Å². The van der Waals surface area contributed by atoms with E-state index in [9.17, 15) is 0 Å². The Balaban J connectivity index is 2.48. The van der Waals surface area contributed by atoms with Crippen LogP contribution in [0.4, 0.5) is 0 Å². The third-order valence-corrected chi connectivity index (χ3v) is 3.22. The first-order chi connectivity index (χ1) is 8.24. The fourth-order valence-corrected chi connectivity index (χ4v) is 2.24. The summed E-state index contributed by atoms with van der Waals surface area (Å²) in [5, 5.41) is 4.08. The quantitative estimate of drug-likeness (QED) is 0.899. The van der Waals surface area contributed by atoms with Crippen LogP contribution in [0.3, 0.4) is 0 Å². The van der Waals surface area contributed by atoms with Crippen molar-refractivity contribution in [2.45, 2.75) is 13.0 Å². The third-order valence-electron chi connectivity index (χ3n) is 2.88. The summed E-state index contributed by atoms with van der Waals surface area (Å²) in [5.74, 6) is 0. The molecule has 2 nitrogen and oxygen atoms in total. The molecular formula is C14H15ClN2. The molecule has 0 radical (unpaired) electrons. The molecule has 88 valence electrons. The molecule has 1 aromatic carbocycles. The highest BCUT2D eigenvalue weighted by molar-refractivity contribution is 6.31. The number of rotatable bonds is 3. The highest BCUT2D eigenvalue weighted by Gasteiger charge is 2.16. The van der Waals surface area contributed by atoms with Gasteiger partial charge in [0.15, 0.2) is 0 Å². The van der Waals surface area contributed by atoms with Crippen LogP contribution in [0.2, 0.25) is 5.02 Å². The Kier molecular flexibility index (Phi) is 3.77. The lowest BCUT2D eigenvalue weighted by atomic mass is 9.96. The van der Waals surface area contributed by atoms with Gasteiger partial charge in [-0.2, -0.15) is 0 Å². The molecule has 2 rings (SSSR count). The van der Waals surface area contributed by atoms with Gasteiger partial charge in [-0.1, -0.05) is 29.8 Å². The van der Waals surface area contributed by atoms with E-state index in [-0.39, 0.29) is 6.04 Å². The number of halogens is 1. The third kappa shape index (κ3) is 2.48. The van der Waals surface area contributed by atoms with E-state index < -0.39 is 0 Å². The smallest absolute Gasteiger partial charge is 0.0592 e. The molecule has 1 N–H and O–H groups in total. The van der Waals surface area contributed by atoms with E-state index in [4.69, 9.17) is 11.6 Å². The van der Waals surface area contributed by atoms with Crippen molar-refractivity contribution in [2.24, 2.45) is 0 Å². The summed E-state index contributed by atoms with van der Waals surface area (Å²) in [6, 6.07) is 10.0. The van der Waals surface area contributed by atoms with Gasteiger partial charge in [0.2, 0.25) is 0 Å². The van der Waals surface area contributed by atoms with Gasteiger partial charge in [-0.25, -0.2) is 0 Å². The summed E-state index contributed by atoms with van der Waals surface area (Å²) in [6.45, 7) is 2.06.